The van der Waals surface area contributed by atoms with Gasteiger partial charge in [-0.15, -0.1) is 0 Å². The molecule has 2 aromatic rings. The van der Waals surface area contributed by atoms with E-state index in [2.05, 4.69) is 65.4 Å². The second-order valence-electron chi connectivity index (χ2n) is 6.66. The number of thiocarbonyl (C=S) groups is 1. The average molecular weight is 480 g/mol. The van der Waals surface area contributed by atoms with E-state index in [4.69, 9.17) is 32.2 Å². The number of rotatable bonds is 9. The SMILES string of the molecule is COc1cc(C=NNC(N)=S)cc(Br)c1OCCOc1cc(C)ccc1C(C)C. The number of hydrogen-bond donors (Lipinski definition) is 2. The minimum atomic E-state index is 0.0986. The quantitative estimate of drug-likeness (QED) is 0.238. The third-order valence-electron chi connectivity index (χ3n) is 4.02. The Balaban J connectivity index is 2.03. The van der Waals surface area contributed by atoms with Crippen molar-refractivity contribution in [3.8, 4) is 17.2 Å². The van der Waals surface area contributed by atoms with E-state index in [-0.39, 0.29) is 5.11 Å². The number of ether oxygens (including phenoxy) is 3. The van der Waals surface area contributed by atoms with Gasteiger partial charge in [0.25, 0.3) is 0 Å². The maximum Gasteiger partial charge on any atom is 0.184 e. The van der Waals surface area contributed by atoms with Crippen LogP contribution in [0.15, 0.2) is 39.9 Å². The van der Waals surface area contributed by atoms with Crippen molar-refractivity contribution in [3.05, 3.63) is 51.5 Å². The number of nitrogens with zero attached hydrogens (tertiary/aromatic N) is 1. The van der Waals surface area contributed by atoms with Gasteiger partial charge < -0.3 is 19.9 Å². The molecule has 0 atom stereocenters. The van der Waals surface area contributed by atoms with Crippen LogP contribution in [0.5, 0.6) is 17.2 Å². The number of nitrogens with one attached hydrogen (secondary N) is 1. The lowest BCUT2D eigenvalue weighted by Crippen LogP contribution is -2.23. The molecule has 0 fully saturated rings. The largest absolute Gasteiger partial charge is 0.493 e. The molecule has 2 aromatic carbocycles. The molecule has 0 spiro atoms. The molecule has 0 bridgehead atoms. The third-order valence-corrected chi connectivity index (χ3v) is 4.70. The summed E-state index contributed by atoms with van der Waals surface area (Å²) in [6.07, 6.45) is 1.59. The Labute approximate surface area is 185 Å². The molecule has 29 heavy (non-hydrogen) atoms. The molecule has 2 rings (SSSR count). The molecule has 0 amide bonds. The first kappa shape index (κ1) is 23.0. The zero-order valence-corrected chi connectivity index (χ0v) is 19.4. The van der Waals surface area contributed by atoms with E-state index >= 15 is 0 Å². The fourth-order valence-electron chi connectivity index (χ4n) is 2.66. The molecule has 0 aliphatic rings. The second kappa shape index (κ2) is 11.0. The monoisotopic (exact) mass is 479 g/mol. The predicted molar refractivity (Wildman–Crippen MR) is 124 cm³/mol. The van der Waals surface area contributed by atoms with Gasteiger partial charge in [0, 0.05) is 0 Å². The first-order valence-corrected chi connectivity index (χ1v) is 10.3. The van der Waals surface area contributed by atoms with Crippen LogP contribution in [-0.4, -0.2) is 31.7 Å². The van der Waals surface area contributed by atoms with Crippen molar-refractivity contribution in [2.24, 2.45) is 10.8 Å². The van der Waals surface area contributed by atoms with Crippen molar-refractivity contribution < 1.29 is 14.2 Å². The number of hydrogen-bond acceptors (Lipinski definition) is 5. The maximum atomic E-state index is 5.98. The van der Waals surface area contributed by atoms with Crippen LogP contribution in [0, 0.1) is 6.92 Å². The third kappa shape index (κ3) is 6.90. The van der Waals surface area contributed by atoms with Crippen LogP contribution >= 0.6 is 28.1 Å². The van der Waals surface area contributed by atoms with Gasteiger partial charge in [0.05, 0.1) is 17.8 Å². The van der Waals surface area contributed by atoms with Gasteiger partial charge in [-0.25, -0.2) is 0 Å². The molecule has 0 saturated heterocycles. The molecule has 0 unspecified atom stereocenters. The summed E-state index contributed by atoms with van der Waals surface area (Å²) in [6.45, 7) is 7.14. The Morgan fingerprint density at radius 3 is 2.59 bits per heavy atom. The highest BCUT2D eigenvalue weighted by molar-refractivity contribution is 9.10. The lowest BCUT2D eigenvalue weighted by atomic mass is 10.0. The molecule has 0 aromatic heterocycles. The summed E-state index contributed by atoms with van der Waals surface area (Å²) < 4.78 is 18.1. The second-order valence-corrected chi connectivity index (χ2v) is 7.96. The normalized spacial score (nSPS) is 11.0. The lowest BCUT2D eigenvalue weighted by molar-refractivity contribution is 0.209. The minimum Gasteiger partial charge on any atom is -0.493 e. The smallest absolute Gasteiger partial charge is 0.184 e. The molecule has 3 N–H and O–H groups in total. The van der Waals surface area contributed by atoms with Gasteiger partial charge in [-0.05, 0) is 75.9 Å². The molecular weight excluding hydrogens is 454 g/mol. The molecule has 0 radical (unpaired) electrons. The van der Waals surface area contributed by atoms with Crippen LogP contribution in [-0.2, 0) is 0 Å². The Kier molecular flexibility index (Phi) is 8.72. The van der Waals surface area contributed by atoms with Gasteiger partial charge in [0.15, 0.2) is 16.6 Å². The number of aryl methyl sites for hydroxylation is 1. The van der Waals surface area contributed by atoms with E-state index in [0.29, 0.717) is 30.6 Å². The first-order chi connectivity index (χ1) is 13.8. The standard InChI is InChI=1S/C21H26BrN3O3S/c1-13(2)16-6-5-14(3)9-18(16)27-7-8-28-20-17(22)10-15(11-19(20)26-4)12-24-25-21(23)29/h5-6,9-13H,7-8H2,1-4H3,(H3,23,25,29). The van der Waals surface area contributed by atoms with E-state index in [9.17, 15) is 0 Å². The van der Waals surface area contributed by atoms with Crippen LogP contribution in [0.3, 0.4) is 0 Å². The van der Waals surface area contributed by atoms with Crippen molar-refractivity contribution in [3.63, 3.8) is 0 Å². The van der Waals surface area contributed by atoms with Crippen LogP contribution < -0.4 is 25.4 Å². The molecule has 0 saturated carbocycles. The fraction of sp³-hybridized carbons (Fsp3) is 0.333. The van der Waals surface area contributed by atoms with E-state index < -0.39 is 0 Å². The zero-order valence-electron chi connectivity index (χ0n) is 17.0. The summed E-state index contributed by atoms with van der Waals surface area (Å²) in [5.74, 6) is 2.46. The van der Waals surface area contributed by atoms with Gasteiger partial charge in [0.1, 0.15) is 19.0 Å². The fourth-order valence-corrected chi connectivity index (χ4v) is 3.29. The number of halogens is 1. The summed E-state index contributed by atoms with van der Waals surface area (Å²) in [4.78, 5) is 0. The van der Waals surface area contributed by atoms with Crippen LogP contribution in [0.25, 0.3) is 0 Å². The van der Waals surface area contributed by atoms with Crippen molar-refractivity contribution in [2.75, 3.05) is 20.3 Å². The van der Waals surface area contributed by atoms with Gasteiger partial charge in [0.2, 0.25) is 0 Å². The van der Waals surface area contributed by atoms with E-state index in [1.165, 1.54) is 5.56 Å². The van der Waals surface area contributed by atoms with Gasteiger partial charge >= 0.3 is 0 Å². The van der Waals surface area contributed by atoms with E-state index in [0.717, 1.165) is 21.3 Å². The van der Waals surface area contributed by atoms with E-state index in [1.807, 2.05) is 12.1 Å². The molecule has 6 nitrogen and oxygen atoms in total. The minimum absolute atomic E-state index is 0.0986. The van der Waals surface area contributed by atoms with Gasteiger partial charge in [-0.2, -0.15) is 5.10 Å². The Morgan fingerprint density at radius 1 is 1.21 bits per heavy atom. The molecular formula is C21H26BrN3O3S. The van der Waals surface area contributed by atoms with Crippen LogP contribution in [0.1, 0.15) is 36.5 Å². The number of methoxy groups -OCH3 is 1. The molecule has 8 heteroatoms. The first-order valence-electron chi connectivity index (χ1n) is 9.14. The average Bonchev–Trinajstić information content (AvgIpc) is 2.65. The Bertz CT molecular complexity index is 888. The van der Waals surface area contributed by atoms with Crippen LogP contribution in [0.2, 0.25) is 0 Å². The van der Waals surface area contributed by atoms with Crippen molar-refractivity contribution in [2.45, 2.75) is 26.7 Å². The molecule has 0 aliphatic heterocycles. The Morgan fingerprint density at radius 2 is 1.93 bits per heavy atom. The van der Waals surface area contributed by atoms with Crippen molar-refractivity contribution in [1.82, 2.24) is 5.43 Å². The Hall–Kier alpha value is -2.32. The highest BCUT2D eigenvalue weighted by Crippen LogP contribution is 2.36. The number of nitrogens with two attached hydrogens (primary N) is 1. The van der Waals surface area contributed by atoms with E-state index in [1.54, 1.807) is 13.3 Å². The van der Waals surface area contributed by atoms with Crippen molar-refractivity contribution >= 4 is 39.5 Å². The summed E-state index contributed by atoms with van der Waals surface area (Å²) >= 11 is 8.24. The summed E-state index contributed by atoms with van der Waals surface area (Å²) in [5, 5.41) is 4.05. The van der Waals surface area contributed by atoms with Gasteiger partial charge in [-0.1, -0.05) is 26.0 Å². The van der Waals surface area contributed by atoms with Gasteiger partial charge in [-0.3, -0.25) is 5.43 Å². The number of benzene rings is 2. The lowest BCUT2D eigenvalue weighted by Gasteiger charge is -2.16. The molecule has 156 valence electrons. The highest BCUT2D eigenvalue weighted by atomic mass is 79.9. The van der Waals surface area contributed by atoms with Crippen LogP contribution in [0.4, 0.5) is 0 Å². The predicted octanol–water partition coefficient (Wildman–Crippen LogP) is 4.51. The summed E-state index contributed by atoms with van der Waals surface area (Å²) in [7, 11) is 1.58. The molecule has 0 heterocycles. The summed E-state index contributed by atoms with van der Waals surface area (Å²) in [5.41, 5.74) is 11.0. The number of hydrazone groups is 1. The summed E-state index contributed by atoms with van der Waals surface area (Å²) in [6, 6.07) is 9.94. The molecule has 0 aliphatic carbocycles. The highest BCUT2D eigenvalue weighted by Gasteiger charge is 2.12. The van der Waals surface area contributed by atoms with Crippen molar-refractivity contribution in [1.29, 1.82) is 0 Å². The zero-order chi connectivity index (χ0) is 21.4. The topological polar surface area (TPSA) is 78.1 Å². The maximum absolute atomic E-state index is 5.98.